The van der Waals surface area contributed by atoms with Crippen molar-refractivity contribution in [3.63, 3.8) is 0 Å². The first kappa shape index (κ1) is 21.7. The van der Waals surface area contributed by atoms with Crippen LogP contribution in [-0.2, 0) is 19.5 Å². The summed E-state index contributed by atoms with van der Waals surface area (Å²) in [6.07, 6.45) is 2.64. The summed E-state index contributed by atoms with van der Waals surface area (Å²) < 4.78 is 2.05. The number of aromatic nitrogens is 3. The summed E-state index contributed by atoms with van der Waals surface area (Å²) in [6, 6.07) is 7.89. The van der Waals surface area contributed by atoms with E-state index in [4.69, 9.17) is 16.6 Å². The fourth-order valence-corrected chi connectivity index (χ4v) is 2.54. The van der Waals surface area contributed by atoms with E-state index < -0.39 is 0 Å². The monoisotopic (exact) mass is 476 g/mol. The molecule has 1 N–H and O–H groups in total. The molecule has 0 atom stereocenters. The third-order valence-electron chi connectivity index (χ3n) is 3.64. The van der Waals surface area contributed by atoms with E-state index in [2.05, 4.69) is 34.3 Å². The fraction of sp³-hybridized carbons (Fsp3) is 0.471. The number of aliphatic imine (C=N–C) groups is 1. The Hall–Kier alpha value is -1.35. The fourth-order valence-electron chi connectivity index (χ4n) is 2.41. The highest BCUT2D eigenvalue weighted by Gasteiger charge is 2.07. The number of benzene rings is 1. The normalized spacial score (nSPS) is 11.1. The summed E-state index contributed by atoms with van der Waals surface area (Å²) in [5.41, 5.74) is 1.19. The molecule has 138 valence electrons. The summed E-state index contributed by atoms with van der Waals surface area (Å²) >= 11 is 5.94. The zero-order chi connectivity index (χ0) is 17.4. The second-order valence-corrected chi connectivity index (χ2v) is 5.95. The van der Waals surface area contributed by atoms with Crippen LogP contribution in [-0.4, -0.2) is 45.8 Å². The van der Waals surface area contributed by atoms with Gasteiger partial charge >= 0.3 is 0 Å². The van der Waals surface area contributed by atoms with Crippen LogP contribution in [0.5, 0.6) is 0 Å². The number of nitrogens with zero attached hydrogens (tertiary/aromatic N) is 5. The molecule has 1 aromatic carbocycles. The topological polar surface area (TPSA) is 58.3 Å². The van der Waals surface area contributed by atoms with E-state index in [1.165, 1.54) is 5.56 Å². The third kappa shape index (κ3) is 6.81. The zero-order valence-corrected chi connectivity index (χ0v) is 18.0. The van der Waals surface area contributed by atoms with Crippen LogP contribution in [0.25, 0.3) is 0 Å². The Labute approximate surface area is 171 Å². The van der Waals surface area contributed by atoms with Gasteiger partial charge in [0.2, 0.25) is 0 Å². The quantitative estimate of drug-likeness (QED) is 0.379. The molecular weight excluding hydrogens is 451 g/mol. The van der Waals surface area contributed by atoms with E-state index in [0.717, 1.165) is 42.9 Å². The summed E-state index contributed by atoms with van der Waals surface area (Å²) in [4.78, 5) is 6.82. The lowest BCUT2D eigenvalue weighted by atomic mass is 10.2. The minimum Gasteiger partial charge on any atom is -0.357 e. The lowest BCUT2D eigenvalue weighted by molar-refractivity contribution is 0.475. The van der Waals surface area contributed by atoms with Crippen molar-refractivity contribution in [1.82, 2.24) is 25.0 Å². The first-order chi connectivity index (χ1) is 11.6. The van der Waals surface area contributed by atoms with Gasteiger partial charge in [-0.25, -0.2) is 0 Å². The van der Waals surface area contributed by atoms with Gasteiger partial charge in [0.05, 0.1) is 6.54 Å². The van der Waals surface area contributed by atoms with Crippen molar-refractivity contribution < 1.29 is 0 Å². The Balaban J connectivity index is 0.00000312. The Morgan fingerprint density at radius 3 is 2.64 bits per heavy atom. The molecule has 1 heterocycles. The van der Waals surface area contributed by atoms with E-state index in [0.29, 0.717) is 6.54 Å². The standard InChI is InChI=1S/C17H25ClN6.HI/c1-4-16-22-21-13-24(16)11-10-20-17(19-5-2)23(3)12-14-6-8-15(18)9-7-14;/h6-9,13H,4-5,10-12H2,1-3H3,(H,19,20);1H. The molecule has 0 radical (unpaired) electrons. The van der Waals surface area contributed by atoms with E-state index in [1.807, 2.05) is 35.9 Å². The molecule has 0 unspecified atom stereocenters. The average molecular weight is 477 g/mol. The Kier molecular flexibility index (Phi) is 9.81. The summed E-state index contributed by atoms with van der Waals surface area (Å²) in [7, 11) is 2.03. The van der Waals surface area contributed by atoms with E-state index in [-0.39, 0.29) is 24.0 Å². The molecule has 0 saturated carbocycles. The van der Waals surface area contributed by atoms with Crippen LogP contribution in [0.2, 0.25) is 5.02 Å². The SMILES string of the molecule is CCNC(=NCCn1cnnc1CC)N(C)Cc1ccc(Cl)cc1.I. The lowest BCUT2D eigenvalue weighted by Crippen LogP contribution is -2.38. The molecule has 0 aliphatic heterocycles. The number of hydrogen-bond donors (Lipinski definition) is 1. The van der Waals surface area contributed by atoms with Gasteiger partial charge < -0.3 is 14.8 Å². The summed E-state index contributed by atoms with van der Waals surface area (Å²) in [5, 5.41) is 12.1. The first-order valence-corrected chi connectivity index (χ1v) is 8.62. The maximum absolute atomic E-state index is 5.94. The maximum atomic E-state index is 5.94. The van der Waals surface area contributed by atoms with Gasteiger partial charge in [0.1, 0.15) is 12.2 Å². The smallest absolute Gasteiger partial charge is 0.194 e. The molecule has 0 fully saturated rings. The molecule has 1 aromatic heterocycles. The molecule has 0 bridgehead atoms. The van der Waals surface area contributed by atoms with Gasteiger partial charge in [0.15, 0.2) is 5.96 Å². The van der Waals surface area contributed by atoms with Crippen LogP contribution in [0, 0.1) is 0 Å². The van der Waals surface area contributed by atoms with Crippen LogP contribution >= 0.6 is 35.6 Å². The second kappa shape index (κ2) is 11.3. The van der Waals surface area contributed by atoms with E-state index in [9.17, 15) is 0 Å². The second-order valence-electron chi connectivity index (χ2n) is 5.51. The van der Waals surface area contributed by atoms with Crippen molar-refractivity contribution in [2.24, 2.45) is 4.99 Å². The molecule has 0 aliphatic rings. The lowest BCUT2D eigenvalue weighted by Gasteiger charge is -2.22. The molecule has 0 saturated heterocycles. The molecule has 6 nitrogen and oxygen atoms in total. The molecular formula is C17H26ClIN6. The number of guanidine groups is 1. The van der Waals surface area contributed by atoms with Crippen molar-refractivity contribution >= 4 is 41.5 Å². The molecule has 2 aromatic rings. The van der Waals surface area contributed by atoms with Crippen molar-refractivity contribution in [3.05, 3.63) is 47.0 Å². The summed E-state index contributed by atoms with van der Waals surface area (Å²) in [5.74, 6) is 1.88. The number of hydrogen-bond acceptors (Lipinski definition) is 3. The highest BCUT2D eigenvalue weighted by molar-refractivity contribution is 14.0. The van der Waals surface area contributed by atoms with Gasteiger partial charge in [0.25, 0.3) is 0 Å². The van der Waals surface area contributed by atoms with Gasteiger partial charge in [-0.1, -0.05) is 30.7 Å². The van der Waals surface area contributed by atoms with Gasteiger partial charge in [0, 0.05) is 38.1 Å². The summed E-state index contributed by atoms with van der Waals surface area (Å²) in [6.45, 7) is 7.21. The van der Waals surface area contributed by atoms with Gasteiger partial charge in [-0.05, 0) is 24.6 Å². The average Bonchev–Trinajstić information content (AvgIpc) is 3.03. The first-order valence-electron chi connectivity index (χ1n) is 8.24. The number of aryl methyl sites for hydroxylation is 1. The van der Waals surface area contributed by atoms with Crippen LogP contribution in [0.15, 0.2) is 35.6 Å². The Morgan fingerprint density at radius 2 is 2.00 bits per heavy atom. The number of halogens is 2. The zero-order valence-electron chi connectivity index (χ0n) is 14.9. The number of nitrogens with one attached hydrogen (secondary N) is 1. The minimum absolute atomic E-state index is 0. The molecule has 0 aliphatic carbocycles. The highest BCUT2D eigenvalue weighted by atomic mass is 127. The number of rotatable bonds is 7. The predicted octanol–water partition coefficient (Wildman–Crippen LogP) is 3.21. The van der Waals surface area contributed by atoms with E-state index >= 15 is 0 Å². The van der Waals surface area contributed by atoms with Gasteiger partial charge in [-0.2, -0.15) is 0 Å². The Morgan fingerprint density at radius 1 is 1.28 bits per heavy atom. The van der Waals surface area contributed by atoms with Crippen LogP contribution in [0.4, 0.5) is 0 Å². The van der Waals surface area contributed by atoms with Crippen molar-refractivity contribution in [2.75, 3.05) is 20.1 Å². The third-order valence-corrected chi connectivity index (χ3v) is 3.90. The minimum atomic E-state index is 0. The Bertz CT molecular complexity index is 655. The van der Waals surface area contributed by atoms with E-state index in [1.54, 1.807) is 6.33 Å². The van der Waals surface area contributed by atoms with Crippen LogP contribution < -0.4 is 5.32 Å². The van der Waals surface area contributed by atoms with Crippen LogP contribution in [0.1, 0.15) is 25.2 Å². The van der Waals surface area contributed by atoms with Gasteiger partial charge in [-0.15, -0.1) is 34.2 Å². The predicted molar refractivity (Wildman–Crippen MR) is 114 cm³/mol. The maximum Gasteiger partial charge on any atom is 0.194 e. The largest absolute Gasteiger partial charge is 0.357 e. The molecule has 8 heteroatoms. The molecule has 0 amide bonds. The van der Waals surface area contributed by atoms with Crippen molar-refractivity contribution in [2.45, 2.75) is 33.4 Å². The molecule has 2 rings (SSSR count). The highest BCUT2D eigenvalue weighted by Crippen LogP contribution is 2.11. The van der Waals surface area contributed by atoms with Crippen molar-refractivity contribution in [3.8, 4) is 0 Å². The molecule has 0 spiro atoms. The van der Waals surface area contributed by atoms with Crippen molar-refractivity contribution in [1.29, 1.82) is 0 Å². The van der Waals surface area contributed by atoms with Gasteiger partial charge in [-0.3, -0.25) is 4.99 Å². The van der Waals surface area contributed by atoms with Crippen LogP contribution in [0.3, 0.4) is 0 Å². The molecule has 25 heavy (non-hydrogen) atoms.